The molecule has 0 aliphatic heterocycles. The van der Waals surface area contributed by atoms with E-state index in [0.29, 0.717) is 6.42 Å². The topological polar surface area (TPSA) is 52.6 Å². The molecule has 0 N–H and O–H groups in total. The molecule has 0 aromatic rings. The van der Waals surface area contributed by atoms with E-state index in [1.165, 1.54) is 6.42 Å². The van der Waals surface area contributed by atoms with Gasteiger partial charge in [-0.05, 0) is 44.4 Å². The highest BCUT2D eigenvalue weighted by atomic mass is 16.6. The van der Waals surface area contributed by atoms with Gasteiger partial charge in [0.1, 0.15) is 5.60 Å². The van der Waals surface area contributed by atoms with Gasteiger partial charge >= 0.3 is 11.9 Å². The molecule has 0 amide bonds. The summed E-state index contributed by atoms with van der Waals surface area (Å²) in [7, 11) is 0. The Morgan fingerprint density at radius 1 is 1.05 bits per heavy atom. The zero-order chi connectivity index (χ0) is 15.2. The Morgan fingerprint density at radius 3 is 2.20 bits per heavy atom. The van der Waals surface area contributed by atoms with Crippen molar-refractivity contribution in [3.63, 3.8) is 0 Å². The minimum Gasteiger partial charge on any atom is -0.457 e. The number of hydrogen-bond donors (Lipinski definition) is 0. The zero-order valence-corrected chi connectivity index (χ0v) is 13.3. The largest absolute Gasteiger partial charge is 0.457 e. The van der Waals surface area contributed by atoms with E-state index >= 15 is 0 Å². The van der Waals surface area contributed by atoms with Crippen molar-refractivity contribution in [3.05, 3.63) is 0 Å². The monoisotopic (exact) mass is 284 g/mol. The lowest BCUT2D eigenvalue weighted by molar-refractivity contribution is -0.171. The lowest BCUT2D eigenvalue weighted by atomic mass is 9.86. The van der Waals surface area contributed by atoms with Crippen molar-refractivity contribution < 1.29 is 19.1 Å². The first-order valence-corrected chi connectivity index (χ1v) is 7.58. The SMILES string of the molecule is CC(C)(C)CCC(=O)OCC(=O)OC1(C)CCCCC1. The lowest BCUT2D eigenvalue weighted by Crippen LogP contribution is -2.35. The smallest absolute Gasteiger partial charge is 0.344 e. The highest BCUT2D eigenvalue weighted by Crippen LogP contribution is 2.31. The fraction of sp³-hybridized carbons (Fsp3) is 0.875. The Bertz CT molecular complexity index is 335. The van der Waals surface area contributed by atoms with E-state index in [0.717, 1.165) is 32.1 Å². The molecule has 4 heteroatoms. The van der Waals surface area contributed by atoms with Crippen LogP contribution in [0.2, 0.25) is 0 Å². The molecule has 0 heterocycles. The molecule has 0 spiro atoms. The van der Waals surface area contributed by atoms with Gasteiger partial charge in [-0.3, -0.25) is 4.79 Å². The molecule has 0 aromatic carbocycles. The Labute approximate surface area is 122 Å². The predicted octanol–water partition coefficient (Wildman–Crippen LogP) is 3.62. The molecule has 1 aliphatic carbocycles. The summed E-state index contributed by atoms with van der Waals surface area (Å²) in [6.07, 6.45) is 6.28. The van der Waals surface area contributed by atoms with E-state index in [9.17, 15) is 9.59 Å². The van der Waals surface area contributed by atoms with Gasteiger partial charge in [0, 0.05) is 6.42 Å². The van der Waals surface area contributed by atoms with Crippen LogP contribution >= 0.6 is 0 Å². The number of rotatable bonds is 5. The van der Waals surface area contributed by atoms with Crippen molar-refractivity contribution in [1.82, 2.24) is 0 Å². The molecule has 1 fully saturated rings. The van der Waals surface area contributed by atoms with E-state index in [4.69, 9.17) is 9.47 Å². The number of carbonyl (C=O) groups excluding carboxylic acids is 2. The number of esters is 2. The predicted molar refractivity (Wildman–Crippen MR) is 77.2 cm³/mol. The van der Waals surface area contributed by atoms with Gasteiger partial charge in [0.2, 0.25) is 0 Å². The van der Waals surface area contributed by atoms with Crippen LogP contribution in [-0.2, 0) is 19.1 Å². The Morgan fingerprint density at radius 2 is 1.65 bits per heavy atom. The molecule has 1 saturated carbocycles. The summed E-state index contributed by atoms with van der Waals surface area (Å²) >= 11 is 0. The summed E-state index contributed by atoms with van der Waals surface area (Å²) in [5, 5.41) is 0. The van der Waals surface area contributed by atoms with Gasteiger partial charge in [0.15, 0.2) is 6.61 Å². The average Bonchev–Trinajstić information content (AvgIpc) is 2.33. The highest BCUT2D eigenvalue weighted by Gasteiger charge is 2.31. The zero-order valence-electron chi connectivity index (χ0n) is 13.3. The summed E-state index contributed by atoms with van der Waals surface area (Å²) < 4.78 is 10.4. The first-order chi connectivity index (χ1) is 9.20. The van der Waals surface area contributed by atoms with Crippen molar-refractivity contribution in [3.8, 4) is 0 Å². The first kappa shape index (κ1) is 17.0. The van der Waals surface area contributed by atoms with Gasteiger partial charge in [0.25, 0.3) is 0 Å². The van der Waals surface area contributed by atoms with E-state index in [-0.39, 0.29) is 23.6 Å². The molecule has 4 nitrogen and oxygen atoms in total. The van der Waals surface area contributed by atoms with E-state index in [2.05, 4.69) is 20.8 Å². The molecule has 0 bridgehead atoms. The maximum atomic E-state index is 11.7. The molecular formula is C16H28O4. The average molecular weight is 284 g/mol. The molecule has 0 saturated heterocycles. The second-order valence-corrected chi connectivity index (χ2v) is 7.21. The Hall–Kier alpha value is -1.06. The van der Waals surface area contributed by atoms with Crippen LogP contribution in [0.4, 0.5) is 0 Å². The van der Waals surface area contributed by atoms with E-state index in [1.807, 2.05) is 6.92 Å². The standard InChI is InChI=1S/C16H28O4/c1-15(2,3)11-8-13(17)19-12-14(18)20-16(4)9-6-5-7-10-16/h5-12H2,1-4H3. The van der Waals surface area contributed by atoms with Crippen LogP contribution in [0.25, 0.3) is 0 Å². The molecule has 0 aromatic heterocycles. The number of carbonyl (C=O) groups is 2. The van der Waals surface area contributed by atoms with Crippen molar-refractivity contribution in [1.29, 1.82) is 0 Å². The molecule has 0 atom stereocenters. The van der Waals surface area contributed by atoms with Gasteiger partial charge in [0.05, 0.1) is 0 Å². The quantitative estimate of drug-likeness (QED) is 0.723. The van der Waals surface area contributed by atoms with Crippen LogP contribution in [0.1, 0.15) is 72.6 Å². The summed E-state index contributed by atoms with van der Waals surface area (Å²) in [5.74, 6) is -0.760. The number of hydrogen-bond acceptors (Lipinski definition) is 4. The minimum atomic E-state index is -0.432. The molecular weight excluding hydrogens is 256 g/mol. The molecule has 1 rings (SSSR count). The normalized spacial score (nSPS) is 18.4. The van der Waals surface area contributed by atoms with Crippen LogP contribution in [-0.4, -0.2) is 24.1 Å². The van der Waals surface area contributed by atoms with Gasteiger partial charge in [-0.25, -0.2) is 4.79 Å². The third kappa shape index (κ3) is 6.92. The van der Waals surface area contributed by atoms with Crippen molar-refractivity contribution in [2.24, 2.45) is 5.41 Å². The lowest BCUT2D eigenvalue weighted by Gasteiger charge is -2.33. The van der Waals surface area contributed by atoms with Crippen molar-refractivity contribution >= 4 is 11.9 Å². The molecule has 116 valence electrons. The van der Waals surface area contributed by atoms with Crippen molar-refractivity contribution in [2.75, 3.05) is 6.61 Å². The van der Waals surface area contributed by atoms with Crippen LogP contribution in [0, 0.1) is 5.41 Å². The van der Waals surface area contributed by atoms with Crippen LogP contribution in [0.3, 0.4) is 0 Å². The highest BCUT2D eigenvalue weighted by molar-refractivity contribution is 5.76. The third-order valence-electron chi connectivity index (χ3n) is 3.70. The van der Waals surface area contributed by atoms with Crippen LogP contribution in [0.5, 0.6) is 0 Å². The minimum absolute atomic E-state index is 0.0924. The van der Waals surface area contributed by atoms with Crippen molar-refractivity contribution in [2.45, 2.75) is 78.2 Å². The van der Waals surface area contributed by atoms with E-state index in [1.54, 1.807) is 0 Å². The molecule has 0 radical (unpaired) electrons. The Kier molecular flexibility index (Phi) is 6.03. The molecule has 20 heavy (non-hydrogen) atoms. The van der Waals surface area contributed by atoms with Gasteiger partial charge in [-0.15, -0.1) is 0 Å². The Balaban J connectivity index is 2.24. The van der Waals surface area contributed by atoms with Crippen LogP contribution in [0.15, 0.2) is 0 Å². The van der Waals surface area contributed by atoms with Crippen LogP contribution < -0.4 is 0 Å². The second kappa shape index (κ2) is 7.09. The van der Waals surface area contributed by atoms with Gasteiger partial charge < -0.3 is 9.47 Å². The maximum Gasteiger partial charge on any atom is 0.344 e. The third-order valence-corrected chi connectivity index (χ3v) is 3.70. The summed E-state index contributed by atoms with van der Waals surface area (Å²) in [4.78, 5) is 23.3. The van der Waals surface area contributed by atoms with Gasteiger partial charge in [-0.2, -0.15) is 0 Å². The van der Waals surface area contributed by atoms with Gasteiger partial charge in [-0.1, -0.05) is 27.2 Å². The fourth-order valence-corrected chi connectivity index (χ4v) is 2.39. The molecule has 1 aliphatic rings. The summed E-state index contributed by atoms with van der Waals surface area (Å²) in [6, 6.07) is 0. The number of ether oxygens (including phenoxy) is 2. The molecule has 0 unspecified atom stereocenters. The maximum absolute atomic E-state index is 11.7. The van der Waals surface area contributed by atoms with E-state index < -0.39 is 5.97 Å². The second-order valence-electron chi connectivity index (χ2n) is 7.21. The fourth-order valence-electron chi connectivity index (χ4n) is 2.39. The summed E-state index contributed by atoms with van der Waals surface area (Å²) in [5.41, 5.74) is -0.276. The summed E-state index contributed by atoms with van der Waals surface area (Å²) in [6.45, 7) is 7.90. The first-order valence-electron chi connectivity index (χ1n) is 7.58.